The number of carboxylic acids is 1. The number of aromatic nitrogens is 3. The molecular formula is C14H11N4O2-. The van der Waals surface area contributed by atoms with Crippen LogP contribution >= 0.6 is 0 Å². The van der Waals surface area contributed by atoms with Crippen LogP contribution in [0.2, 0.25) is 0 Å². The number of aromatic carboxylic acids is 1. The molecule has 0 saturated heterocycles. The highest BCUT2D eigenvalue weighted by molar-refractivity contribution is 5.87. The molecule has 2 aromatic carbocycles. The highest BCUT2D eigenvalue weighted by Gasteiger charge is 2.03. The van der Waals surface area contributed by atoms with E-state index in [0.717, 1.165) is 11.0 Å². The van der Waals surface area contributed by atoms with E-state index in [-0.39, 0.29) is 5.56 Å². The monoisotopic (exact) mass is 267 g/mol. The van der Waals surface area contributed by atoms with Crippen LogP contribution in [0.3, 0.4) is 0 Å². The molecule has 0 bridgehead atoms. The van der Waals surface area contributed by atoms with Crippen molar-refractivity contribution in [3.63, 3.8) is 0 Å². The van der Waals surface area contributed by atoms with Crippen LogP contribution in [0.4, 0.5) is 5.69 Å². The summed E-state index contributed by atoms with van der Waals surface area (Å²) in [6, 6.07) is 14.1. The summed E-state index contributed by atoms with van der Waals surface area (Å²) in [6.45, 7) is 0.400. The molecule has 1 heterocycles. The Bertz CT molecular complexity index is 766. The van der Waals surface area contributed by atoms with Crippen molar-refractivity contribution < 1.29 is 9.90 Å². The van der Waals surface area contributed by atoms with E-state index in [1.165, 1.54) is 12.1 Å². The van der Waals surface area contributed by atoms with Crippen molar-refractivity contribution in [1.82, 2.24) is 15.0 Å². The molecule has 1 aromatic heterocycles. The molecule has 100 valence electrons. The lowest BCUT2D eigenvalue weighted by atomic mass is 10.2. The third-order valence-corrected chi connectivity index (χ3v) is 2.95. The van der Waals surface area contributed by atoms with Gasteiger partial charge in [-0.05, 0) is 29.8 Å². The molecule has 0 radical (unpaired) electrons. The molecule has 3 rings (SSSR count). The van der Waals surface area contributed by atoms with Crippen molar-refractivity contribution in [3.05, 3.63) is 54.1 Å². The molecule has 20 heavy (non-hydrogen) atoms. The van der Waals surface area contributed by atoms with Gasteiger partial charge >= 0.3 is 0 Å². The molecule has 3 aromatic rings. The zero-order chi connectivity index (χ0) is 13.9. The molecule has 6 nitrogen and oxygen atoms in total. The van der Waals surface area contributed by atoms with Gasteiger partial charge in [-0.15, -0.1) is 5.10 Å². The molecule has 0 unspecified atom stereocenters. The molecule has 1 N–H and O–H groups in total. The number of para-hydroxylation sites is 1. The summed E-state index contributed by atoms with van der Waals surface area (Å²) in [7, 11) is 0. The third-order valence-electron chi connectivity index (χ3n) is 2.95. The molecule has 0 amide bonds. The van der Waals surface area contributed by atoms with Gasteiger partial charge in [-0.25, -0.2) is 4.68 Å². The van der Waals surface area contributed by atoms with Crippen LogP contribution in [-0.2, 0) is 6.67 Å². The van der Waals surface area contributed by atoms with E-state index in [1.807, 2.05) is 24.3 Å². The lowest BCUT2D eigenvalue weighted by Crippen LogP contribution is -2.22. The Morgan fingerprint density at radius 3 is 2.90 bits per heavy atom. The van der Waals surface area contributed by atoms with Crippen molar-refractivity contribution in [2.45, 2.75) is 6.67 Å². The van der Waals surface area contributed by atoms with Gasteiger partial charge in [-0.1, -0.05) is 29.5 Å². The van der Waals surface area contributed by atoms with Crippen LogP contribution in [0.1, 0.15) is 10.4 Å². The number of nitrogens with one attached hydrogen (secondary N) is 1. The minimum absolute atomic E-state index is 0.137. The maximum absolute atomic E-state index is 10.8. The molecule has 0 fully saturated rings. The van der Waals surface area contributed by atoms with Gasteiger partial charge in [0.2, 0.25) is 0 Å². The lowest BCUT2D eigenvalue weighted by Gasteiger charge is -2.09. The number of carboxylic acid groups (broad SMARTS) is 1. The van der Waals surface area contributed by atoms with E-state index in [2.05, 4.69) is 15.6 Å². The molecule has 0 aliphatic heterocycles. The van der Waals surface area contributed by atoms with E-state index in [1.54, 1.807) is 16.8 Å². The van der Waals surface area contributed by atoms with Gasteiger partial charge in [0.05, 0.1) is 11.5 Å². The standard InChI is InChI=1S/C14H12N4O2/c19-14(20)10-4-3-5-11(8-10)15-9-18-13-7-2-1-6-12(13)16-17-18/h1-8,15H,9H2,(H,19,20)/p-1. The van der Waals surface area contributed by atoms with Gasteiger partial charge in [0.15, 0.2) is 0 Å². The quantitative estimate of drug-likeness (QED) is 0.758. The van der Waals surface area contributed by atoms with Crippen LogP contribution < -0.4 is 10.4 Å². The summed E-state index contributed by atoms with van der Waals surface area (Å²) < 4.78 is 1.71. The highest BCUT2D eigenvalue weighted by Crippen LogP contribution is 2.12. The minimum Gasteiger partial charge on any atom is -0.545 e. The second-order valence-corrected chi connectivity index (χ2v) is 4.28. The van der Waals surface area contributed by atoms with E-state index in [9.17, 15) is 9.90 Å². The largest absolute Gasteiger partial charge is 0.545 e. The Morgan fingerprint density at radius 2 is 2.05 bits per heavy atom. The van der Waals surface area contributed by atoms with Crippen molar-refractivity contribution >= 4 is 22.7 Å². The average molecular weight is 267 g/mol. The van der Waals surface area contributed by atoms with Crippen LogP contribution in [0, 0.1) is 0 Å². The third kappa shape index (κ3) is 2.31. The van der Waals surface area contributed by atoms with E-state index >= 15 is 0 Å². The Morgan fingerprint density at radius 1 is 1.20 bits per heavy atom. The van der Waals surface area contributed by atoms with Crippen molar-refractivity contribution in [2.75, 3.05) is 5.32 Å². The summed E-state index contributed by atoms with van der Waals surface area (Å²) in [6.07, 6.45) is 0. The Hall–Kier alpha value is -2.89. The molecule has 6 heteroatoms. The number of nitrogens with zero attached hydrogens (tertiary/aromatic N) is 3. The molecule has 0 spiro atoms. The second kappa shape index (κ2) is 5.00. The molecule has 0 atom stereocenters. The van der Waals surface area contributed by atoms with Gasteiger partial charge in [-0.3, -0.25) is 0 Å². The van der Waals surface area contributed by atoms with E-state index in [0.29, 0.717) is 12.4 Å². The van der Waals surface area contributed by atoms with Crippen LogP contribution in [0.25, 0.3) is 11.0 Å². The predicted octanol–water partition coefficient (Wildman–Crippen LogP) is 0.864. The molecular weight excluding hydrogens is 256 g/mol. The van der Waals surface area contributed by atoms with Gasteiger partial charge in [0, 0.05) is 5.69 Å². The first-order valence-electron chi connectivity index (χ1n) is 6.07. The average Bonchev–Trinajstić information content (AvgIpc) is 2.89. The number of fused-ring (bicyclic) bond motifs is 1. The molecule has 0 saturated carbocycles. The number of carbonyl (C=O) groups excluding carboxylic acids is 1. The molecule has 0 aliphatic rings. The normalized spacial score (nSPS) is 10.6. The highest BCUT2D eigenvalue weighted by atomic mass is 16.4. The fourth-order valence-corrected chi connectivity index (χ4v) is 1.96. The number of hydrogen-bond acceptors (Lipinski definition) is 5. The Balaban J connectivity index is 1.79. The summed E-state index contributed by atoms with van der Waals surface area (Å²) >= 11 is 0. The van der Waals surface area contributed by atoms with Crippen molar-refractivity contribution in [1.29, 1.82) is 0 Å². The van der Waals surface area contributed by atoms with Gasteiger partial charge in [0.1, 0.15) is 12.2 Å². The number of hydrogen-bond donors (Lipinski definition) is 1. The van der Waals surface area contributed by atoms with Crippen molar-refractivity contribution in [2.24, 2.45) is 0 Å². The maximum Gasteiger partial charge on any atom is 0.113 e. The van der Waals surface area contributed by atoms with Crippen LogP contribution in [-0.4, -0.2) is 21.0 Å². The minimum atomic E-state index is -1.19. The number of rotatable bonds is 4. The Labute approximate surface area is 114 Å². The fourth-order valence-electron chi connectivity index (χ4n) is 1.96. The first-order valence-corrected chi connectivity index (χ1v) is 6.07. The van der Waals surface area contributed by atoms with Crippen LogP contribution in [0.5, 0.6) is 0 Å². The topological polar surface area (TPSA) is 82.9 Å². The van der Waals surface area contributed by atoms with Crippen molar-refractivity contribution in [3.8, 4) is 0 Å². The predicted molar refractivity (Wildman–Crippen MR) is 71.9 cm³/mol. The zero-order valence-corrected chi connectivity index (χ0v) is 10.5. The summed E-state index contributed by atoms with van der Waals surface area (Å²) in [4.78, 5) is 10.8. The van der Waals surface area contributed by atoms with Gasteiger partial charge < -0.3 is 15.2 Å². The van der Waals surface area contributed by atoms with E-state index in [4.69, 9.17) is 0 Å². The summed E-state index contributed by atoms with van der Waals surface area (Å²) in [5.41, 5.74) is 2.55. The van der Waals surface area contributed by atoms with Gasteiger partial charge in [0.25, 0.3) is 0 Å². The maximum atomic E-state index is 10.8. The summed E-state index contributed by atoms with van der Waals surface area (Å²) in [5.74, 6) is -1.19. The molecule has 0 aliphatic carbocycles. The zero-order valence-electron chi connectivity index (χ0n) is 10.5. The smallest absolute Gasteiger partial charge is 0.113 e. The number of anilines is 1. The van der Waals surface area contributed by atoms with Gasteiger partial charge in [-0.2, -0.15) is 0 Å². The Kier molecular flexibility index (Phi) is 3.04. The first kappa shape index (κ1) is 12.2. The first-order chi connectivity index (χ1) is 9.74. The SMILES string of the molecule is O=C([O-])c1cccc(NCn2nnc3ccccc32)c1. The number of carbonyl (C=O) groups is 1. The summed E-state index contributed by atoms with van der Waals surface area (Å²) in [5, 5.41) is 22.0. The van der Waals surface area contributed by atoms with E-state index < -0.39 is 5.97 Å². The lowest BCUT2D eigenvalue weighted by molar-refractivity contribution is -0.255. The second-order valence-electron chi connectivity index (χ2n) is 4.28. The van der Waals surface area contributed by atoms with Crippen LogP contribution in [0.15, 0.2) is 48.5 Å². The fraction of sp³-hybridized carbons (Fsp3) is 0.0714. The number of benzene rings is 2.